The Morgan fingerprint density at radius 3 is 2.81 bits per heavy atom. The Labute approximate surface area is 129 Å². The normalized spacial score (nSPS) is 11.4. The van der Waals surface area contributed by atoms with Crippen LogP contribution in [0, 0.1) is 0 Å². The molecule has 0 spiro atoms. The van der Waals surface area contributed by atoms with Crippen LogP contribution in [-0.2, 0) is 11.3 Å². The molecule has 5 nitrogen and oxygen atoms in total. The standard InChI is InChI=1S/C15H20N4OS/c1-16-15(17-8-9-20-2)18-10-13-11-21-14(19-13)12-6-4-3-5-7-12/h3-7,11H,8-10H2,1-2H3,(H2,16,17,18). The first-order valence-electron chi connectivity index (χ1n) is 6.76. The molecule has 2 aromatic rings. The van der Waals surface area contributed by atoms with E-state index in [9.17, 15) is 0 Å². The van der Waals surface area contributed by atoms with Gasteiger partial charge in [0.25, 0.3) is 0 Å². The van der Waals surface area contributed by atoms with E-state index < -0.39 is 0 Å². The number of guanidine groups is 1. The highest BCUT2D eigenvalue weighted by Gasteiger charge is 2.05. The fourth-order valence-electron chi connectivity index (χ4n) is 1.77. The second-order valence-corrected chi connectivity index (χ2v) is 5.21. The van der Waals surface area contributed by atoms with Crippen molar-refractivity contribution in [1.82, 2.24) is 15.6 Å². The van der Waals surface area contributed by atoms with Gasteiger partial charge in [-0.05, 0) is 0 Å². The first-order chi connectivity index (χ1) is 10.3. The van der Waals surface area contributed by atoms with Crippen LogP contribution in [0.5, 0.6) is 0 Å². The summed E-state index contributed by atoms with van der Waals surface area (Å²) in [5, 5.41) is 9.51. The predicted octanol–water partition coefficient (Wildman–Crippen LogP) is 2.12. The summed E-state index contributed by atoms with van der Waals surface area (Å²) in [5.41, 5.74) is 2.16. The number of nitrogens with one attached hydrogen (secondary N) is 2. The average molecular weight is 304 g/mol. The van der Waals surface area contributed by atoms with Gasteiger partial charge in [-0.3, -0.25) is 4.99 Å². The van der Waals surface area contributed by atoms with Crippen molar-refractivity contribution in [3.8, 4) is 10.6 Å². The summed E-state index contributed by atoms with van der Waals surface area (Å²) in [6, 6.07) is 10.2. The van der Waals surface area contributed by atoms with Gasteiger partial charge in [0.2, 0.25) is 0 Å². The van der Waals surface area contributed by atoms with Crippen molar-refractivity contribution in [2.45, 2.75) is 6.54 Å². The Morgan fingerprint density at radius 1 is 1.29 bits per heavy atom. The van der Waals surface area contributed by atoms with Crippen molar-refractivity contribution in [3.05, 3.63) is 41.4 Å². The van der Waals surface area contributed by atoms with Crippen molar-refractivity contribution < 1.29 is 4.74 Å². The minimum atomic E-state index is 0.648. The van der Waals surface area contributed by atoms with Gasteiger partial charge in [-0.2, -0.15) is 0 Å². The minimum Gasteiger partial charge on any atom is -0.383 e. The summed E-state index contributed by atoms with van der Waals surface area (Å²) in [6.45, 7) is 2.02. The zero-order valence-corrected chi connectivity index (χ0v) is 13.1. The minimum absolute atomic E-state index is 0.648. The van der Waals surface area contributed by atoms with E-state index in [4.69, 9.17) is 4.74 Å². The topological polar surface area (TPSA) is 58.5 Å². The summed E-state index contributed by atoms with van der Waals surface area (Å²) in [4.78, 5) is 8.79. The molecular formula is C15H20N4OS. The van der Waals surface area contributed by atoms with Crippen molar-refractivity contribution in [3.63, 3.8) is 0 Å². The highest BCUT2D eigenvalue weighted by Crippen LogP contribution is 2.22. The number of aliphatic imine (C=N–C) groups is 1. The molecule has 2 N–H and O–H groups in total. The highest BCUT2D eigenvalue weighted by atomic mass is 32.1. The fraction of sp³-hybridized carbons (Fsp3) is 0.333. The maximum absolute atomic E-state index is 5.00. The number of nitrogens with zero attached hydrogens (tertiary/aromatic N) is 2. The lowest BCUT2D eigenvalue weighted by Crippen LogP contribution is -2.38. The van der Waals surface area contributed by atoms with Gasteiger partial charge in [0.1, 0.15) is 5.01 Å². The van der Waals surface area contributed by atoms with Gasteiger partial charge < -0.3 is 15.4 Å². The lowest BCUT2D eigenvalue weighted by molar-refractivity contribution is 0.203. The molecule has 0 aliphatic heterocycles. The van der Waals surface area contributed by atoms with Crippen LogP contribution in [0.25, 0.3) is 10.6 Å². The molecule has 0 saturated carbocycles. The Bertz CT molecular complexity index is 568. The van der Waals surface area contributed by atoms with E-state index in [1.807, 2.05) is 18.2 Å². The number of rotatable bonds is 6. The van der Waals surface area contributed by atoms with Crippen molar-refractivity contribution in [2.75, 3.05) is 27.3 Å². The van der Waals surface area contributed by atoms with E-state index in [0.29, 0.717) is 13.2 Å². The Morgan fingerprint density at radius 2 is 2.10 bits per heavy atom. The van der Waals surface area contributed by atoms with E-state index in [1.165, 1.54) is 0 Å². The third-order valence-corrected chi connectivity index (χ3v) is 3.77. The van der Waals surface area contributed by atoms with Crippen molar-refractivity contribution in [2.24, 2.45) is 4.99 Å². The van der Waals surface area contributed by atoms with Crippen LogP contribution in [0.15, 0.2) is 40.7 Å². The maximum Gasteiger partial charge on any atom is 0.191 e. The molecule has 0 aliphatic rings. The highest BCUT2D eigenvalue weighted by molar-refractivity contribution is 7.13. The number of benzene rings is 1. The summed E-state index contributed by atoms with van der Waals surface area (Å²) < 4.78 is 5.00. The molecule has 21 heavy (non-hydrogen) atoms. The Hall–Kier alpha value is -1.92. The molecular weight excluding hydrogens is 284 g/mol. The summed E-state index contributed by atoms with van der Waals surface area (Å²) in [7, 11) is 3.43. The third-order valence-electron chi connectivity index (χ3n) is 2.83. The monoisotopic (exact) mass is 304 g/mol. The molecule has 2 rings (SSSR count). The van der Waals surface area contributed by atoms with E-state index in [1.54, 1.807) is 25.5 Å². The quantitative estimate of drug-likeness (QED) is 0.487. The Balaban J connectivity index is 1.88. The molecule has 1 heterocycles. The SMILES string of the molecule is CN=C(NCCOC)NCc1csc(-c2ccccc2)n1. The molecule has 0 aliphatic carbocycles. The smallest absolute Gasteiger partial charge is 0.191 e. The molecule has 112 valence electrons. The molecule has 0 fully saturated rings. The van der Waals surface area contributed by atoms with Crippen LogP contribution >= 0.6 is 11.3 Å². The van der Waals surface area contributed by atoms with Gasteiger partial charge in [-0.15, -0.1) is 11.3 Å². The lowest BCUT2D eigenvalue weighted by Gasteiger charge is -2.10. The first kappa shape index (κ1) is 15.5. The number of aromatic nitrogens is 1. The maximum atomic E-state index is 5.00. The van der Waals surface area contributed by atoms with E-state index in [0.717, 1.165) is 28.8 Å². The molecule has 0 atom stereocenters. The summed E-state index contributed by atoms with van der Waals surface area (Å²) >= 11 is 1.65. The van der Waals surface area contributed by atoms with Gasteiger partial charge in [0, 0.05) is 31.6 Å². The van der Waals surface area contributed by atoms with Crippen LogP contribution in [0.1, 0.15) is 5.69 Å². The molecule has 6 heteroatoms. The molecule has 1 aromatic carbocycles. The lowest BCUT2D eigenvalue weighted by atomic mass is 10.2. The molecule has 0 bridgehead atoms. The van der Waals surface area contributed by atoms with Gasteiger partial charge in [0.05, 0.1) is 18.8 Å². The molecule has 0 radical (unpaired) electrons. The second kappa shape index (κ2) is 8.39. The average Bonchev–Trinajstić information content (AvgIpc) is 3.00. The number of ether oxygens (including phenoxy) is 1. The number of methoxy groups -OCH3 is 1. The van der Waals surface area contributed by atoms with E-state index in [-0.39, 0.29) is 0 Å². The molecule has 0 saturated heterocycles. The summed E-state index contributed by atoms with van der Waals surface area (Å²) in [6.07, 6.45) is 0. The van der Waals surface area contributed by atoms with E-state index in [2.05, 4.69) is 38.1 Å². The molecule has 0 amide bonds. The molecule has 0 unspecified atom stereocenters. The predicted molar refractivity (Wildman–Crippen MR) is 87.6 cm³/mol. The fourth-order valence-corrected chi connectivity index (χ4v) is 2.59. The van der Waals surface area contributed by atoms with Gasteiger partial charge >= 0.3 is 0 Å². The van der Waals surface area contributed by atoms with Crippen LogP contribution < -0.4 is 10.6 Å². The summed E-state index contributed by atoms with van der Waals surface area (Å²) in [5.74, 6) is 0.751. The number of hydrogen-bond acceptors (Lipinski definition) is 4. The Kier molecular flexibility index (Phi) is 6.18. The van der Waals surface area contributed by atoms with Crippen LogP contribution in [0.2, 0.25) is 0 Å². The van der Waals surface area contributed by atoms with Crippen molar-refractivity contribution >= 4 is 17.3 Å². The van der Waals surface area contributed by atoms with Gasteiger partial charge in [0.15, 0.2) is 5.96 Å². The first-order valence-corrected chi connectivity index (χ1v) is 7.64. The number of thiazole rings is 1. The van der Waals surface area contributed by atoms with Gasteiger partial charge in [-0.25, -0.2) is 4.98 Å². The zero-order chi connectivity index (χ0) is 14.9. The third kappa shape index (κ3) is 4.84. The zero-order valence-electron chi connectivity index (χ0n) is 12.3. The van der Waals surface area contributed by atoms with Crippen molar-refractivity contribution in [1.29, 1.82) is 0 Å². The second-order valence-electron chi connectivity index (χ2n) is 4.36. The number of hydrogen-bond donors (Lipinski definition) is 2. The van der Waals surface area contributed by atoms with Crippen LogP contribution in [0.4, 0.5) is 0 Å². The largest absolute Gasteiger partial charge is 0.383 e. The van der Waals surface area contributed by atoms with E-state index >= 15 is 0 Å². The molecule has 1 aromatic heterocycles. The van der Waals surface area contributed by atoms with Crippen LogP contribution in [-0.4, -0.2) is 38.3 Å². The van der Waals surface area contributed by atoms with Gasteiger partial charge in [-0.1, -0.05) is 30.3 Å². The van der Waals surface area contributed by atoms with Crippen LogP contribution in [0.3, 0.4) is 0 Å².